The fourth-order valence-corrected chi connectivity index (χ4v) is 6.78. The van der Waals surface area contributed by atoms with Gasteiger partial charge in [0.2, 0.25) is 0 Å². The molecule has 0 atom stereocenters. The number of rotatable bonds is 3. The zero-order valence-corrected chi connectivity index (χ0v) is 22.3. The Kier molecular flexibility index (Phi) is 4.72. The maximum Gasteiger partial charge on any atom is 0.115 e. The molecule has 38 heavy (non-hydrogen) atoms. The van der Waals surface area contributed by atoms with Gasteiger partial charge >= 0.3 is 0 Å². The number of nitrogens with zero attached hydrogens (tertiary/aromatic N) is 1. The molecule has 186 valence electrons. The van der Waals surface area contributed by atoms with Gasteiger partial charge in [0.05, 0.1) is 5.69 Å². The molecular weight excluding hydrogens is 462 g/mol. The highest BCUT2D eigenvalue weighted by atomic mass is 16.3. The Morgan fingerprint density at radius 1 is 0.500 bits per heavy atom. The average molecular weight is 494 g/mol. The lowest BCUT2D eigenvalue weighted by Crippen LogP contribution is -2.17. The summed E-state index contributed by atoms with van der Waals surface area (Å²) in [6.45, 7) is 9.29. The summed E-state index contributed by atoms with van der Waals surface area (Å²) >= 11 is 0. The van der Waals surface area contributed by atoms with E-state index in [0.29, 0.717) is 0 Å². The zero-order chi connectivity index (χ0) is 26.2. The largest absolute Gasteiger partial charge is 0.508 e. The van der Waals surface area contributed by atoms with Gasteiger partial charge < -0.3 is 10.0 Å². The van der Waals surface area contributed by atoms with Crippen molar-refractivity contribution in [2.45, 2.75) is 38.5 Å². The molecule has 0 aromatic heterocycles. The Labute approximate surface area is 224 Å². The molecule has 1 N–H and O–H groups in total. The summed E-state index contributed by atoms with van der Waals surface area (Å²) in [5.41, 5.74) is 13.7. The van der Waals surface area contributed by atoms with E-state index in [0.717, 1.165) is 17.1 Å². The van der Waals surface area contributed by atoms with Crippen LogP contribution in [0.5, 0.6) is 5.75 Å². The Morgan fingerprint density at radius 2 is 1.05 bits per heavy atom. The molecule has 0 saturated heterocycles. The van der Waals surface area contributed by atoms with E-state index in [1.165, 1.54) is 44.5 Å². The highest BCUT2D eigenvalue weighted by Gasteiger charge is 2.39. The van der Waals surface area contributed by atoms with Gasteiger partial charge in [-0.05, 0) is 81.4 Å². The van der Waals surface area contributed by atoms with Crippen molar-refractivity contribution in [3.8, 4) is 28.0 Å². The zero-order valence-electron chi connectivity index (χ0n) is 22.3. The van der Waals surface area contributed by atoms with E-state index in [1.807, 2.05) is 12.1 Å². The topological polar surface area (TPSA) is 23.5 Å². The standard InChI is InChI=1S/C36H31NO/c1-35(2)30-13-8-6-11-28(30)34-31(35)14-9-15-33(34)37(23-16-19-25(38)20-17-23)24-18-21-27-26-10-5-7-12-29(26)36(3,4)32(27)22-24/h5-22,38H,1-4H3. The number of hydrogen-bond acceptors (Lipinski definition) is 2. The third-order valence-corrected chi connectivity index (χ3v) is 8.76. The van der Waals surface area contributed by atoms with Gasteiger partial charge in [-0.3, -0.25) is 0 Å². The molecule has 2 heteroatoms. The van der Waals surface area contributed by atoms with E-state index in [2.05, 4.69) is 118 Å². The van der Waals surface area contributed by atoms with Crippen LogP contribution in [-0.2, 0) is 10.8 Å². The van der Waals surface area contributed by atoms with Crippen LogP contribution in [0.1, 0.15) is 49.9 Å². The molecule has 7 rings (SSSR count). The Morgan fingerprint density at radius 3 is 1.79 bits per heavy atom. The summed E-state index contributed by atoms with van der Waals surface area (Å²) in [5, 5.41) is 10.1. The third kappa shape index (κ3) is 3.07. The van der Waals surface area contributed by atoms with Crippen LogP contribution >= 0.6 is 0 Å². The number of benzene rings is 5. The molecule has 5 aromatic rings. The fourth-order valence-electron chi connectivity index (χ4n) is 6.78. The highest BCUT2D eigenvalue weighted by molar-refractivity contribution is 5.95. The molecule has 0 amide bonds. The molecule has 0 aliphatic heterocycles. The van der Waals surface area contributed by atoms with E-state index in [-0.39, 0.29) is 16.6 Å². The number of phenols is 1. The Balaban J connectivity index is 1.49. The first-order valence-electron chi connectivity index (χ1n) is 13.4. The molecule has 2 aliphatic rings. The minimum absolute atomic E-state index is 0.0792. The average Bonchev–Trinajstić information content (AvgIpc) is 3.30. The first kappa shape index (κ1) is 22.9. The maximum absolute atomic E-state index is 10.1. The van der Waals surface area contributed by atoms with Gasteiger partial charge in [0.15, 0.2) is 0 Å². The molecule has 2 nitrogen and oxygen atoms in total. The van der Waals surface area contributed by atoms with Gasteiger partial charge in [-0.25, -0.2) is 0 Å². The highest BCUT2D eigenvalue weighted by Crippen LogP contribution is 2.55. The first-order valence-corrected chi connectivity index (χ1v) is 13.4. The van der Waals surface area contributed by atoms with Gasteiger partial charge in [0, 0.05) is 27.8 Å². The molecule has 0 radical (unpaired) electrons. The second kappa shape index (κ2) is 7.85. The number of hydrogen-bond donors (Lipinski definition) is 1. The summed E-state index contributed by atoms with van der Waals surface area (Å²) in [4.78, 5) is 2.36. The second-order valence-corrected chi connectivity index (χ2v) is 11.6. The van der Waals surface area contributed by atoms with Crippen LogP contribution in [0.15, 0.2) is 109 Å². The monoisotopic (exact) mass is 493 g/mol. The second-order valence-electron chi connectivity index (χ2n) is 11.6. The van der Waals surface area contributed by atoms with Gasteiger partial charge in [0.1, 0.15) is 5.75 Å². The molecule has 0 heterocycles. The summed E-state index contributed by atoms with van der Waals surface area (Å²) in [5.74, 6) is 0.268. The minimum Gasteiger partial charge on any atom is -0.508 e. The van der Waals surface area contributed by atoms with E-state index >= 15 is 0 Å². The smallest absolute Gasteiger partial charge is 0.115 e. The molecule has 0 unspecified atom stereocenters. The minimum atomic E-state index is -0.0875. The first-order chi connectivity index (χ1) is 18.3. The van der Waals surface area contributed by atoms with Gasteiger partial charge in [-0.15, -0.1) is 0 Å². The van der Waals surface area contributed by atoms with Crippen molar-refractivity contribution in [2.75, 3.05) is 4.90 Å². The number of phenolic OH excluding ortho intramolecular Hbond substituents is 1. The van der Waals surface area contributed by atoms with Crippen molar-refractivity contribution in [2.24, 2.45) is 0 Å². The van der Waals surface area contributed by atoms with Crippen molar-refractivity contribution in [1.82, 2.24) is 0 Å². The lowest BCUT2D eigenvalue weighted by molar-refractivity contribution is 0.475. The van der Waals surface area contributed by atoms with Gasteiger partial charge in [-0.1, -0.05) is 94.4 Å². The Hall–Kier alpha value is -4.30. The van der Waals surface area contributed by atoms with Crippen LogP contribution in [0, 0.1) is 0 Å². The summed E-state index contributed by atoms with van der Waals surface area (Å²) < 4.78 is 0. The van der Waals surface area contributed by atoms with Crippen molar-refractivity contribution in [3.05, 3.63) is 131 Å². The Bertz CT molecular complexity index is 1730. The van der Waals surface area contributed by atoms with Crippen LogP contribution in [0.4, 0.5) is 17.1 Å². The molecule has 5 aromatic carbocycles. The van der Waals surface area contributed by atoms with Crippen molar-refractivity contribution >= 4 is 17.1 Å². The quantitative estimate of drug-likeness (QED) is 0.270. The lowest BCUT2D eigenvalue weighted by Gasteiger charge is -2.30. The van der Waals surface area contributed by atoms with Crippen molar-refractivity contribution in [1.29, 1.82) is 0 Å². The predicted octanol–water partition coefficient (Wildman–Crippen LogP) is 9.47. The van der Waals surface area contributed by atoms with Crippen LogP contribution in [0.2, 0.25) is 0 Å². The normalized spacial score (nSPS) is 15.4. The maximum atomic E-state index is 10.1. The molecule has 2 aliphatic carbocycles. The van der Waals surface area contributed by atoms with Crippen LogP contribution in [0.3, 0.4) is 0 Å². The van der Waals surface area contributed by atoms with Gasteiger partial charge in [0.25, 0.3) is 0 Å². The van der Waals surface area contributed by atoms with E-state index in [4.69, 9.17) is 0 Å². The summed E-state index contributed by atoms with van der Waals surface area (Å²) in [6.07, 6.45) is 0. The van der Waals surface area contributed by atoms with Crippen molar-refractivity contribution in [3.63, 3.8) is 0 Å². The summed E-state index contributed by atoms with van der Waals surface area (Å²) in [7, 11) is 0. The van der Waals surface area contributed by atoms with E-state index in [1.54, 1.807) is 12.1 Å². The summed E-state index contributed by atoms with van der Waals surface area (Å²) in [6, 6.07) is 38.7. The van der Waals surface area contributed by atoms with Crippen molar-refractivity contribution < 1.29 is 5.11 Å². The molecular formula is C36H31NO. The number of aromatic hydroxyl groups is 1. The molecule has 0 fully saturated rings. The van der Waals surface area contributed by atoms with E-state index < -0.39 is 0 Å². The number of fused-ring (bicyclic) bond motifs is 6. The number of anilines is 3. The fraction of sp³-hybridized carbons (Fsp3) is 0.167. The molecule has 0 saturated carbocycles. The van der Waals surface area contributed by atoms with Crippen LogP contribution < -0.4 is 4.90 Å². The third-order valence-electron chi connectivity index (χ3n) is 8.76. The molecule has 0 spiro atoms. The van der Waals surface area contributed by atoms with Crippen LogP contribution in [-0.4, -0.2) is 5.11 Å². The van der Waals surface area contributed by atoms with Gasteiger partial charge in [-0.2, -0.15) is 0 Å². The lowest BCUT2D eigenvalue weighted by atomic mass is 9.82. The molecule has 0 bridgehead atoms. The van der Waals surface area contributed by atoms with Crippen LogP contribution in [0.25, 0.3) is 22.3 Å². The SMILES string of the molecule is CC1(C)c2ccccc2-c2ccc(N(c3ccc(O)cc3)c3cccc4c3-c3ccccc3C4(C)C)cc21. The predicted molar refractivity (Wildman–Crippen MR) is 158 cm³/mol. The van der Waals surface area contributed by atoms with E-state index in [9.17, 15) is 5.11 Å².